The summed E-state index contributed by atoms with van der Waals surface area (Å²) in [4.78, 5) is 10.2. The van der Waals surface area contributed by atoms with E-state index in [1.54, 1.807) is 0 Å². The molecule has 3 nitrogen and oxygen atoms in total. The summed E-state index contributed by atoms with van der Waals surface area (Å²) in [6.07, 6.45) is 1.28. The van der Waals surface area contributed by atoms with Crippen molar-refractivity contribution >= 4 is 5.97 Å². The third-order valence-electron chi connectivity index (χ3n) is 1.03. The van der Waals surface area contributed by atoms with Crippen LogP contribution in [0.25, 0.3) is 0 Å². The second-order valence-corrected chi connectivity index (χ2v) is 2.83. The van der Waals surface area contributed by atoms with Crippen LogP contribution >= 0.6 is 0 Å². The molecule has 0 spiro atoms. The van der Waals surface area contributed by atoms with E-state index in [9.17, 15) is 4.79 Å². The predicted octanol–water partition coefficient (Wildman–Crippen LogP) is 1.65. The summed E-state index contributed by atoms with van der Waals surface area (Å²) in [6, 6.07) is 0. The molecule has 0 aliphatic rings. The maximum absolute atomic E-state index is 10.2. The summed E-state index contributed by atoms with van der Waals surface area (Å²) in [5, 5.41) is 8.40. The third-order valence-corrected chi connectivity index (χ3v) is 1.03. The molecular formula is C8H14O3. The molecule has 0 fully saturated rings. The van der Waals surface area contributed by atoms with E-state index in [0.717, 1.165) is 0 Å². The Labute approximate surface area is 66.7 Å². The molecule has 0 radical (unpaired) electrons. The fourth-order valence-corrected chi connectivity index (χ4v) is 0.416. The summed E-state index contributed by atoms with van der Waals surface area (Å²) in [5.41, 5.74) is 0.227. The predicted molar refractivity (Wildman–Crippen MR) is 42.2 cm³/mol. The monoisotopic (exact) mass is 158 g/mol. The molecule has 0 atom stereocenters. The third kappa shape index (κ3) is 5.45. The SMILES string of the molecule is CC(=COCC(C)C)C(=O)O. The molecule has 0 heterocycles. The average molecular weight is 158 g/mol. The van der Waals surface area contributed by atoms with Crippen molar-refractivity contribution in [2.24, 2.45) is 5.92 Å². The second-order valence-electron chi connectivity index (χ2n) is 2.83. The number of rotatable bonds is 4. The van der Waals surface area contributed by atoms with Gasteiger partial charge in [0.25, 0.3) is 0 Å². The highest BCUT2D eigenvalue weighted by Gasteiger charge is 1.99. The first kappa shape index (κ1) is 10.0. The summed E-state index contributed by atoms with van der Waals surface area (Å²) in [6.45, 7) is 6.07. The second kappa shape index (κ2) is 4.77. The minimum absolute atomic E-state index is 0.227. The lowest BCUT2D eigenvalue weighted by atomic mass is 10.2. The van der Waals surface area contributed by atoms with Gasteiger partial charge >= 0.3 is 5.97 Å². The summed E-state index contributed by atoms with van der Waals surface area (Å²) >= 11 is 0. The van der Waals surface area contributed by atoms with Crippen LogP contribution in [0.1, 0.15) is 20.8 Å². The first-order valence-corrected chi connectivity index (χ1v) is 3.55. The van der Waals surface area contributed by atoms with Crippen molar-refractivity contribution in [3.63, 3.8) is 0 Å². The van der Waals surface area contributed by atoms with E-state index in [1.165, 1.54) is 13.2 Å². The summed E-state index contributed by atoms with van der Waals surface area (Å²) < 4.78 is 4.98. The van der Waals surface area contributed by atoms with Crippen molar-refractivity contribution in [3.05, 3.63) is 11.8 Å². The number of carboxylic acids is 1. The molecule has 0 aromatic carbocycles. The van der Waals surface area contributed by atoms with Gasteiger partial charge < -0.3 is 9.84 Å². The number of carbonyl (C=O) groups is 1. The van der Waals surface area contributed by atoms with E-state index in [2.05, 4.69) is 0 Å². The van der Waals surface area contributed by atoms with Crippen molar-refractivity contribution in [3.8, 4) is 0 Å². The first-order valence-electron chi connectivity index (χ1n) is 3.55. The van der Waals surface area contributed by atoms with E-state index < -0.39 is 5.97 Å². The zero-order chi connectivity index (χ0) is 8.85. The molecule has 0 saturated heterocycles. The van der Waals surface area contributed by atoms with E-state index in [1.807, 2.05) is 13.8 Å². The van der Waals surface area contributed by atoms with Crippen molar-refractivity contribution in [2.45, 2.75) is 20.8 Å². The van der Waals surface area contributed by atoms with Gasteiger partial charge in [-0.1, -0.05) is 13.8 Å². The Morgan fingerprint density at radius 1 is 1.64 bits per heavy atom. The van der Waals surface area contributed by atoms with Gasteiger partial charge in [0.05, 0.1) is 18.4 Å². The fraction of sp³-hybridized carbons (Fsp3) is 0.625. The van der Waals surface area contributed by atoms with Crippen molar-refractivity contribution in [1.29, 1.82) is 0 Å². The molecule has 0 amide bonds. The molecule has 1 N–H and O–H groups in total. The Bertz CT molecular complexity index is 159. The molecule has 11 heavy (non-hydrogen) atoms. The van der Waals surface area contributed by atoms with Gasteiger partial charge in [-0.2, -0.15) is 0 Å². The van der Waals surface area contributed by atoms with Crippen LogP contribution in [0.5, 0.6) is 0 Å². The average Bonchev–Trinajstić information content (AvgIpc) is 1.86. The first-order chi connectivity index (χ1) is 5.04. The number of carboxylic acid groups (broad SMARTS) is 1. The number of ether oxygens (including phenoxy) is 1. The maximum Gasteiger partial charge on any atom is 0.334 e. The standard InChI is InChI=1S/C8H14O3/c1-6(2)4-11-5-7(3)8(9)10/h5-6H,4H2,1-3H3,(H,9,10). The van der Waals surface area contributed by atoms with Gasteiger partial charge in [-0.15, -0.1) is 0 Å². The van der Waals surface area contributed by atoms with E-state index in [0.29, 0.717) is 12.5 Å². The molecule has 0 saturated carbocycles. The molecule has 0 unspecified atom stereocenters. The quantitative estimate of drug-likeness (QED) is 0.499. The zero-order valence-corrected chi connectivity index (χ0v) is 7.13. The molecule has 0 aliphatic carbocycles. The molecule has 3 heteroatoms. The van der Waals surface area contributed by atoms with Crippen molar-refractivity contribution in [1.82, 2.24) is 0 Å². The Morgan fingerprint density at radius 2 is 2.18 bits per heavy atom. The Balaban J connectivity index is 3.65. The van der Waals surface area contributed by atoms with Gasteiger partial charge in [0.1, 0.15) is 0 Å². The van der Waals surface area contributed by atoms with E-state index >= 15 is 0 Å². The lowest BCUT2D eigenvalue weighted by molar-refractivity contribution is -0.132. The normalized spacial score (nSPS) is 11.8. The maximum atomic E-state index is 10.2. The van der Waals surface area contributed by atoms with Gasteiger partial charge in [-0.05, 0) is 12.8 Å². The zero-order valence-electron chi connectivity index (χ0n) is 7.13. The lowest BCUT2D eigenvalue weighted by Crippen LogP contribution is -2.01. The largest absolute Gasteiger partial charge is 0.500 e. The molecule has 0 aromatic heterocycles. The van der Waals surface area contributed by atoms with Crippen LogP contribution in [0.15, 0.2) is 11.8 Å². The molecular weight excluding hydrogens is 144 g/mol. The lowest BCUT2D eigenvalue weighted by Gasteiger charge is -2.03. The van der Waals surface area contributed by atoms with Gasteiger partial charge in [-0.3, -0.25) is 0 Å². The van der Waals surface area contributed by atoms with Crippen LogP contribution in [-0.2, 0) is 9.53 Å². The minimum Gasteiger partial charge on any atom is -0.500 e. The topological polar surface area (TPSA) is 46.5 Å². The van der Waals surface area contributed by atoms with Gasteiger partial charge in [0, 0.05) is 0 Å². The number of hydrogen-bond acceptors (Lipinski definition) is 2. The van der Waals surface area contributed by atoms with Crippen LogP contribution in [0.2, 0.25) is 0 Å². The highest BCUT2D eigenvalue weighted by Crippen LogP contribution is 1.96. The Morgan fingerprint density at radius 3 is 2.55 bits per heavy atom. The number of aliphatic carboxylic acids is 1. The van der Waals surface area contributed by atoms with Gasteiger partial charge in [0.2, 0.25) is 0 Å². The molecule has 0 rings (SSSR count). The molecule has 0 aliphatic heterocycles. The van der Waals surface area contributed by atoms with Gasteiger partial charge in [-0.25, -0.2) is 4.79 Å². The Kier molecular flexibility index (Phi) is 4.34. The molecule has 0 bridgehead atoms. The summed E-state index contributed by atoms with van der Waals surface area (Å²) in [7, 11) is 0. The van der Waals surface area contributed by atoms with Crippen LogP contribution in [0.4, 0.5) is 0 Å². The van der Waals surface area contributed by atoms with Gasteiger partial charge in [0.15, 0.2) is 0 Å². The van der Waals surface area contributed by atoms with Crippen LogP contribution in [0.3, 0.4) is 0 Å². The van der Waals surface area contributed by atoms with E-state index in [-0.39, 0.29) is 5.57 Å². The van der Waals surface area contributed by atoms with E-state index in [4.69, 9.17) is 9.84 Å². The number of hydrogen-bond donors (Lipinski definition) is 1. The van der Waals surface area contributed by atoms with Crippen LogP contribution in [0, 0.1) is 5.92 Å². The summed E-state index contributed by atoms with van der Waals surface area (Å²) in [5.74, 6) is -0.512. The minimum atomic E-state index is -0.936. The highest BCUT2D eigenvalue weighted by molar-refractivity contribution is 5.85. The van der Waals surface area contributed by atoms with Crippen LogP contribution in [-0.4, -0.2) is 17.7 Å². The van der Waals surface area contributed by atoms with Crippen LogP contribution < -0.4 is 0 Å². The molecule has 64 valence electrons. The smallest absolute Gasteiger partial charge is 0.334 e. The van der Waals surface area contributed by atoms with Crippen molar-refractivity contribution < 1.29 is 14.6 Å². The molecule has 0 aromatic rings. The highest BCUT2D eigenvalue weighted by atomic mass is 16.5. The Hall–Kier alpha value is -0.990. The van der Waals surface area contributed by atoms with Crippen molar-refractivity contribution in [2.75, 3.05) is 6.61 Å². The fourth-order valence-electron chi connectivity index (χ4n) is 0.416.